The van der Waals surface area contributed by atoms with E-state index < -0.39 is 0 Å². The number of ether oxygens (including phenoxy) is 2. The van der Waals surface area contributed by atoms with Gasteiger partial charge in [-0.2, -0.15) is 0 Å². The predicted octanol–water partition coefficient (Wildman–Crippen LogP) is 0.556. The molecule has 1 heterocycles. The molecule has 0 saturated carbocycles. The van der Waals surface area contributed by atoms with Crippen molar-refractivity contribution in [3.8, 4) is 5.75 Å². The molecule has 0 atom stereocenters. The van der Waals surface area contributed by atoms with Crippen LogP contribution in [0.25, 0.3) is 0 Å². The number of amides is 1. The molecule has 4 N–H and O–H groups in total. The van der Waals surface area contributed by atoms with E-state index >= 15 is 0 Å². The first-order valence-electron chi connectivity index (χ1n) is 8.91. The lowest BCUT2D eigenvalue weighted by Gasteiger charge is -2.26. The van der Waals surface area contributed by atoms with Crippen LogP contribution < -0.4 is 21.1 Å². The molecule has 1 saturated heterocycles. The topological polar surface area (TPSA) is 101 Å². The summed E-state index contributed by atoms with van der Waals surface area (Å²) in [5.41, 5.74) is 6.79. The Morgan fingerprint density at radius 1 is 1.26 bits per heavy atom. The van der Waals surface area contributed by atoms with Crippen molar-refractivity contribution < 1.29 is 14.3 Å². The van der Waals surface area contributed by atoms with E-state index in [1.165, 1.54) is 0 Å². The van der Waals surface area contributed by atoms with Gasteiger partial charge in [0.15, 0.2) is 5.96 Å². The molecule has 0 aromatic heterocycles. The van der Waals surface area contributed by atoms with Crippen molar-refractivity contribution in [2.75, 3.05) is 53.0 Å². The first-order chi connectivity index (χ1) is 12.7. The van der Waals surface area contributed by atoms with Crippen molar-refractivity contribution in [1.29, 1.82) is 0 Å². The number of methoxy groups -OCH3 is 1. The second kappa shape index (κ2) is 13.6. The van der Waals surface area contributed by atoms with E-state index in [-0.39, 0.29) is 36.4 Å². The molecule has 1 aromatic rings. The van der Waals surface area contributed by atoms with E-state index in [2.05, 4.69) is 20.5 Å². The normalized spacial score (nSPS) is 14.9. The average molecular weight is 491 g/mol. The van der Waals surface area contributed by atoms with Crippen LogP contribution >= 0.6 is 24.0 Å². The van der Waals surface area contributed by atoms with E-state index in [9.17, 15) is 4.79 Å². The standard InChI is InChI=1S/C18H29N5O3.HI/c1-25-16-5-3-15(4-6-16)13-21-17(24)14-22-18(19)20-7-2-8-23-9-11-26-12-10-23;/h3-6H,2,7-14H2,1H3,(H,21,24)(H3,19,20,22);1H. The third-order valence-corrected chi connectivity index (χ3v) is 4.10. The minimum Gasteiger partial charge on any atom is -0.497 e. The summed E-state index contributed by atoms with van der Waals surface area (Å²) >= 11 is 0. The first-order valence-corrected chi connectivity index (χ1v) is 8.91. The minimum absolute atomic E-state index is 0. The smallest absolute Gasteiger partial charge is 0.242 e. The Kier molecular flexibility index (Phi) is 11.8. The number of rotatable bonds is 9. The molecule has 0 bridgehead atoms. The minimum atomic E-state index is -0.168. The first kappa shape index (κ1) is 23.4. The lowest BCUT2D eigenvalue weighted by atomic mass is 10.2. The molecular formula is C18H30IN5O3. The van der Waals surface area contributed by atoms with Crippen molar-refractivity contribution in [3.63, 3.8) is 0 Å². The molecule has 0 aliphatic carbocycles. The van der Waals surface area contributed by atoms with Gasteiger partial charge in [-0.25, -0.2) is 4.99 Å². The fourth-order valence-electron chi connectivity index (χ4n) is 2.56. The van der Waals surface area contributed by atoms with Crippen molar-refractivity contribution in [2.24, 2.45) is 10.7 Å². The Morgan fingerprint density at radius 3 is 2.63 bits per heavy atom. The number of carbonyl (C=O) groups excluding carboxylic acids is 1. The molecule has 8 nitrogen and oxygen atoms in total. The van der Waals surface area contributed by atoms with Crippen LogP contribution in [0.3, 0.4) is 0 Å². The average Bonchev–Trinajstić information content (AvgIpc) is 2.69. The van der Waals surface area contributed by atoms with Gasteiger partial charge in [-0.1, -0.05) is 12.1 Å². The molecule has 0 spiro atoms. The van der Waals surface area contributed by atoms with Gasteiger partial charge in [-0.3, -0.25) is 9.69 Å². The summed E-state index contributed by atoms with van der Waals surface area (Å²) in [7, 11) is 1.62. The van der Waals surface area contributed by atoms with Crippen LogP contribution in [0.15, 0.2) is 29.3 Å². The summed E-state index contributed by atoms with van der Waals surface area (Å²) in [6.45, 7) is 5.79. The number of halogens is 1. The lowest BCUT2D eigenvalue weighted by molar-refractivity contribution is -0.119. The number of nitrogens with two attached hydrogens (primary N) is 1. The van der Waals surface area contributed by atoms with E-state index in [4.69, 9.17) is 15.2 Å². The highest BCUT2D eigenvalue weighted by Crippen LogP contribution is 2.10. The number of hydrogen-bond acceptors (Lipinski definition) is 5. The van der Waals surface area contributed by atoms with Gasteiger partial charge in [-0.15, -0.1) is 24.0 Å². The van der Waals surface area contributed by atoms with Crippen molar-refractivity contribution in [1.82, 2.24) is 15.5 Å². The molecule has 1 amide bonds. The van der Waals surface area contributed by atoms with Crippen molar-refractivity contribution in [3.05, 3.63) is 29.8 Å². The highest BCUT2D eigenvalue weighted by Gasteiger charge is 2.09. The Hall–Kier alpha value is -1.59. The Bertz CT molecular complexity index is 577. The van der Waals surface area contributed by atoms with Crippen molar-refractivity contribution in [2.45, 2.75) is 13.0 Å². The van der Waals surface area contributed by atoms with Gasteiger partial charge in [0, 0.05) is 26.2 Å². The molecule has 1 aliphatic rings. The lowest BCUT2D eigenvalue weighted by Crippen LogP contribution is -2.39. The molecule has 152 valence electrons. The molecule has 9 heteroatoms. The van der Waals surface area contributed by atoms with E-state index in [1.807, 2.05) is 24.3 Å². The van der Waals surface area contributed by atoms with Gasteiger partial charge in [0.25, 0.3) is 0 Å². The van der Waals surface area contributed by atoms with Crippen molar-refractivity contribution >= 4 is 35.8 Å². The number of hydrogen-bond donors (Lipinski definition) is 3. The number of morpholine rings is 1. The summed E-state index contributed by atoms with van der Waals surface area (Å²) in [5, 5.41) is 5.85. The van der Waals surface area contributed by atoms with E-state index in [0.717, 1.165) is 57.1 Å². The Morgan fingerprint density at radius 2 is 1.96 bits per heavy atom. The number of benzene rings is 1. The zero-order valence-corrected chi connectivity index (χ0v) is 18.1. The monoisotopic (exact) mass is 491 g/mol. The zero-order chi connectivity index (χ0) is 18.6. The highest BCUT2D eigenvalue weighted by molar-refractivity contribution is 14.0. The molecule has 27 heavy (non-hydrogen) atoms. The number of aliphatic imine (C=N–C) groups is 1. The summed E-state index contributed by atoms with van der Waals surface area (Å²) in [6.07, 6.45) is 0.972. The van der Waals surface area contributed by atoms with Gasteiger partial charge in [0.1, 0.15) is 12.3 Å². The van der Waals surface area contributed by atoms with Crippen LogP contribution in [-0.2, 0) is 16.1 Å². The zero-order valence-electron chi connectivity index (χ0n) is 15.8. The van der Waals surface area contributed by atoms with Gasteiger partial charge in [0.05, 0.1) is 20.3 Å². The number of nitrogens with one attached hydrogen (secondary N) is 2. The van der Waals surface area contributed by atoms with Gasteiger partial charge < -0.3 is 25.8 Å². The third kappa shape index (κ3) is 9.78. The van der Waals surface area contributed by atoms with Crippen LogP contribution in [0.2, 0.25) is 0 Å². The maximum absolute atomic E-state index is 11.8. The number of carbonyl (C=O) groups is 1. The SMILES string of the molecule is COc1ccc(CNC(=O)CN=C(N)NCCCN2CCOCC2)cc1.I. The summed E-state index contributed by atoms with van der Waals surface area (Å²) < 4.78 is 10.4. The fourth-order valence-corrected chi connectivity index (χ4v) is 2.56. The van der Waals surface area contributed by atoms with Gasteiger partial charge in [-0.05, 0) is 30.7 Å². The summed E-state index contributed by atoms with van der Waals surface area (Å²) in [4.78, 5) is 18.3. The van der Waals surface area contributed by atoms with Gasteiger partial charge >= 0.3 is 0 Å². The molecule has 1 fully saturated rings. The fraction of sp³-hybridized carbons (Fsp3) is 0.556. The second-order valence-electron chi connectivity index (χ2n) is 6.06. The van der Waals surface area contributed by atoms with E-state index in [1.54, 1.807) is 7.11 Å². The van der Waals surface area contributed by atoms with Gasteiger partial charge in [0.2, 0.25) is 5.91 Å². The van der Waals surface area contributed by atoms with Crippen LogP contribution in [-0.4, -0.2) is 69.8 Å². The molecule has 2 rings (SSSR count). The van der Waals surface area contributed by atoms with Crippen LogP contribution in [0.4, 0.5) is 0 Å². The maximum atomic E-state index is 11.8. The second-order valence-corrected chi connectivity index (χ2v) is 6.06. The molecule has 1 aromatic carbocycles. The molecule has 0 unspecified atom stereocenters. The quantitative estimate of drug-likeness (QED) is 0.202. The predicted molar refractivity (Wildman–Crippen MR) is 117 cm³/mol. The Balaban J connectivity index is 0.00000364. The number of nitrogens with zero attached hydrogens (tertiary/aromatic N) is 2. The maximum Gasteiger partial charge on any atom is 0.242 e. The molecule has 0 radical (unpaired) electrons. The van der Waals surface area contributed by atoms with Crippen LogP contribution in [0.5, 0.6) is 5.75 Å². The largest absolute Gasteiger partial charge is 0.497 e. The highest BCUT2D eigenvalue weighted by atomic mass is 127. The Labute approximate surface area is 177 Å². The summed E-state index contributed by atoms with van der Waals surface area (Å²) in [6, 6.07) is 7.54. The summed E-state index contributed by atoms with van der Waals surface area (Å²) in [5.74, 6) is 0.919. The molecular weight excluding hydrogens is 461 g/mol. The third-order valence-electron chi connectivity index (χ3n) is 4.10. The number of guanidine groups is 1. The van der Waals surface area contributed by atoms with E-state index in [0.29, 0.717) is 12.5 Å². The van der Waals surface area contributed by atoms with Crippen LogP contribution in [0.1, 0.15) is 12.0 Å². The molecule has 1 aliphatic heterocycles. The van der Waals surface area contributed by atoms with Crippen LogP contribution in [0, 0.1) is 0 Å².